The Morgan fingerprint density at radius 1 is 1.38 bits per heavy atom. The van der Waals surface area contributed by atoms with E-state index in [1.54, 1.807) is 0 Å². The van der Waals surface area contributed by atoms with Crippen molar-refractivity contribution in [1.29, 1.82) is 0 Å². The summed E-state index contributed by atoms with van der Waals surface area (Å²) in [6, 6.07) is 3.45. The minimum Gasteiger partial charge on any atom is -0.311 e. The van der Waals surface area contributed by atoms with Crippen LogP contribution in [0.2, 0.25) is 0 Å². The lowest BCUT2D eigenvalue weighted by atomic mass is 10.2. The van der Waals surface area contributed by atoms with E-state index in [1.807, 2.05) is 0 Å². The Bertz CT molecular complexity index is 331. The monoisotopic (exact) mass is 247 g/mol. The minimum atomic E-state index is -0.422. The Hall–Kier alpha value is -0.670. The molecule has 1 aromatic rings. The maximum absolute atomic E-state index is 13.2. The summed E-state index contributed by atoms with van der Waals surface area (Å²) in [7, 11) is 0. The zero-order chi connectivity index (χ0) is 12.0. The van der Waals surface area contributed by atoms with Gasteiger partial charge >= 0.3 is 0 Å². The summed E-state index contributed by atoms with van der Waals surface area (Å²) < 4.78 is 26.0. The van der Waals surface area contributed by atoms with Crippen molar-refractivity contribution in [2.45, 2.75) is 31.7 Å². The van der Waals surface area contributed by atoms with Crippen LogP contribution in [0.1, 0.15) is 25.3 Å². The minimum absolute atomic E-state index is 0.0432. The molecule has 1 unspecified atom stereocenters. The zero-order valence-corrected chi connectivity index (χ0v) is 10.0. The second-order valence-corrected chi connectivity index (χ2v) is 4.37. The van der Waals surface area contributed by atoms with Gasteiger partial charge in [0.1, 0.15) is 11.6 Å². The van der Waals surface area contributed by atoms with E-state index >= 15 is 0 Å². The second kappa shape index (κ2) is 6.81. The second-order valence-electron chi connectivity index (χ2n) is 3.75. The molecule has 4 heteroatoms. The summed E-state index contributed by atoms with van der Waals surface area (Å²) in [4.78, 5) is 0. The summed E-state index contributed by atoms with van der Waals surface area (Å²) in [5.41, 5.74) is 0.334. The fourth-order valence-electron chi connectivity index (χ4n) is 1.46. The highest BCUT2D eigenvalue weighted by atomic mass is 35.5. The van der Waals surface area contributed by atoms with Crippen LogP contribution in [0.3, 0.4) is 0 Å². The lowest BCUT2D eigenvalue weighted by Gasteiger charge is -2.10. The number of rotatable bonds is 6. The van der Waals surface area contributed by atoms with E-state index in [0.717, 1.165) is 25.0 Å². The van der Waals surface area contributed by atoms with Crippen molar-refractivity contribution in [3.05, 3.63) is 35.4 Å². The molecule has 0 aliphatic rings. The fourth-order valence-corrected chi connectivity index (χ4v) is 1.78. The van der Waals surface area contributed by atoms with E-state index in [0.29, 0.717) is 18.7 Å². The quantitative estimate of drug-likeness (QED) is 0.759. The Balaban J connectivity index is 2.39. The molecule has 0 aliphatic heterocycles. The summed E-state index contributed by atoms with van der Waals surface area (Å²) in [6.07, 6.45) is 1.93. The first-order valence-corrected chi connectivity index (χ1v) is 5.85. The normalized spacial score (nSPS) is 12.8. The largest absolute Gasteiger partial charge is 0.311 e. The van der Waals surface area contributed by atoms with Crippen molar-refractivity contribution >= 4 is 11.6 Å². The smallest absolute Gasteiger partial charge is 0.127 e. The molecule has 16 heavy (non-hydrogen) atoms. The molecule has 1 aromatic carbocycles. The molecule has 0 aliphatic carbocycles. The molecule has 0 aromatic heterocycles. The van der Waals surface area contributed by atoms with E-state index in [4.69, 9.17) is 11.6 Å². The molecule has 0 fully saturated rings. The lowest BCUT2D eigenvalue weighted by molar-refractivity contribution is 0.561. The molecule has 0 heterocycles. The van der Waals surface area contributed by atoms with Crippen LogP contribution in [0.15, 0.2) is 18.2 Å². The molecule has 0 bridgehead atoms. The van der Waals surface area contributed by atoms with Gasteiger partial charge in [0.25, 0.3) is 0 Å². The average Bonchev–Trinajstić information content (AvgIpc) is 2.23. The number of benzene rings is 1. The van der Waals surface area contributed by atoms with Gasteiger partial charge in [-0.25, -0.2) is 8.78 Å². The first kappa shape index (κ1) is 13.4. The Labute approximate surface area is 99.8 Å². The first-order chi connectivity index (χ1) is 7.63. The van der Waals surface area contributed by atoms with Gasteiger partial charge in [0.05, 0.1) is 0 Å². The molecule has 0 saturated heterocycles. The Morgan fingerprint density at radius 2 is 2.12 bits per heavy atom. The third-order valence-electron chi connectivity index (χ3n) is 2.29. The zero-order valence-electron chi connectivity index (χ0n) is 9.27. The van der Waals surface area contributed by atoms with Crippen LogP contribution < -0.4 is 5.32 Å². The van der Waals surface area contributed by atoms with Crippen LogP contribution in [0, 0.1) is 11.6 Å². The highest BCUT2D eigenvalue weighted by Gasteiger charge is 2.05. The van der Waals surface area contributed by atoms with Crippen LogP contribution in [-0.2, 0) is 6.54 Å². The van der Waals surface area contributed by atoms with Gasteiger partial charge < -0.3 is 5.32 Å². The molecule has 1 rings (SSSR count). The maximum atomic E-state index is 13.2. The maximum Gasteiger partial charge on any atom is 0.127 e. The third-order valence-corrected chi connectivity index (χ3v) is 2.66. The van der Waals surface area contributed by atoms with Gasteiger partial charge in [0, 0.05) is 24.0 Å². The van der Waals surface area contributed by atoms with Crippen LogP contribution >= 0.6 is 11.6 Å². The van der Waals surface area contributed by atoms with E-state index in [-0.39, 0.29) is 5.38 Å². The van der Waals surface area contributed by atoms with Crippen LogP contribution in [0.5, 0.6) is 0 Å². The van der Waals surface area contributed by atoms with Crippen LogP contribution in [0.4, 0.5) is 8.78 Å². The van der Waals surface area contributed by atoms with Gasteiger partial charge in [-0.3, -0.25) is 0 Å². The topological polar surface area (TPSA) is 12.0 Å². The molecular formula is C12H16ClF2N. The molecule has 0 spiro atoms. The van der Waals surface area contributed by atoms with Crippen LogP contribution in [-0.4, -0.2) is 11.9 Å². The third kappa shape index (κ3) is 4.45. The van der Waals surface area contributed by atoms with Crippen molar-refractivity contribution in [3.8, 4) is 0 Å². The van der Waals surface area contributed by atoms with Crippen molar-refractivity contribution in [1.82, 2.24) is 5.32 Å². The van der Waals surface area contributed by atoms with E-state index in [9.17, 15) is 8.78 Å². The highest BCUT2D eigenvalue weighted by molar-refractivity contribution is 6.20. The summed E-state index contributed by atoms with van der Waals surface area (Å²) in [5.74, 6) is -0.815. The number of hydrogen-bond donors (Lipinski definition) is 1. The van der Waals surface area contributed by atoms with E-state index in [1.165, 1.54) is 6.07 Å². The molecule has 0 saturated carbocycles. The van der Waals surface area contributed by atoms with Crippen molar-refractivity contribution in [3.63, 3.8) is 0 Å². The standard InChI is InChI=1S/C12H16ClF2N/c1-2-3-10(13)8-16-7-9-6-11(14)4-5-12(9)15/h4-6,10,16H,2-3,7-8H2,1H3. The predicted octanol–water partition coefficient (Wildman–Crippen LogP) is 3.46. The molecule has 1 N–H and O–H groups in total. The highest BCUT2D eigenvalue weighted by Crippen LogP contribution is 2.10. The molecule has 90 valence electrons. The fraction of sp³-hybridized carbons (Fsp3) is 0.500. The molecule has 0 amide bonds. The predicted molar refractivity (Wildman–Crippen MR) is 62.6 cm³/mol. The lowest BCUT2D eigenvalue weighted by Crippen LogP contribution is -2.23. The van der Waals surface area contributed by atoms with Gasteiger partial charge in [0.15, 0.2) is 0 Å². The number of hydrogen-bond acceptors (Lipinski definition) is 1. The van der Waals surface area contributed by atoms with E-state index < -0.39 is 11.6 Å². The van der Waals surface area contributed by atoms with Gasteiger partial charge in [-0.2, -0.15) is 0 Å². The number of alkyl halides is 1. The molecule has 1 nitrogen and oxygen atoms in total. The summed E-state index contributed by atoms with van der Waals surface area (Å²) in [5, 5.41) is 3.06. The number of halogens is 3. The van der Waals surface area contributed by atoms with Crippen LogP contribution in [0.25, 0.3) is 0 Å². The number of nitrogens with one attached hydrogen (secondary N) is 1. The Kier molecular flexibility index (Phi) is 5.71. The van der Waals surface area contributed by atoms with Crippen molar-refractivity contribution in [2.24, 2.45) is 0 Å². The molecular weight excluding hydrogens is 232 g/mol. The van der Waals surface area contributed by atoms with Gasteiger partial charge in [-0.1, -0.05) is 13.3 Å². The van der Waals surface area contributed by atoms with Crippen molar-refractivity contribution in [2.75, 3.05) is 6.54 Å². The summed E-state index contributed by atoms with van der Waals surface area (Å²) >= 11 is 5.99. The molecule has 0 radical (unpaired) electrons. The first-order valence-electron chi connectivity index (χ1n) is 5.42. The van der Waals surface area contributed by atoms with Gasteiger partial charge in [-0.15, -0.1) is 11.6 Å². The van der Waals surface area contributed by atoms with E-state index in [2.05, 4.69) is 12.2 Å². The Morgan fingerprint density at radius 3 is 2.81 bits per heavy atom. The molecule has 1 atom stereocenters. The summed E-state index contributed by atoms with van der Waals surface area (Å²) in [6.45, 7) is 2.96. The van der Waals surface area contributed by atoms with Gasteiger partial charge in [0.2, 0.25) is 0 Å². The SMILES string of the molecule is CCCC(Cl)CNCc1cc(F)ccc1F. The van der Waals surface area contributed by atoms with Gasteiger partial charge in [-0.05, 0) is 24.6 Å². The van der Waals surface area contributed by atoms with Crippen molar-refractivity contribution < 1.29 is 8.78 Å². The average molecular weight is 248 g/mol.